The van der Waals surface area contributed by atoms with Crippen molar-refractivity contribution in [1.82, 2.24) is 0 Å². The van der Waals surface area contributed by atoms with Crippen LogP contribution >= 0.6 is 0 Å². The molecule has 1 fully saturated rings. The lowest BCUT2D eigenvalue weighted by Gasteiger charge is -2.21. The Kier molecular flexibility index (Phi) is 2.49. The lowest BCUT2D eigenvalue weighted by molar-refractivity contribution is 0.0326. The predicted octanol–water partition coefficient (Wildman–Crippen LogP) is 0.968. The first kappa shape index (κ1) is 7.03. The molecule has 2 heteroatoms. The van der Waals surface area contributed by atoms with Crippen LogP contribution in [0.2, 0.25) is 0 Å². The van der Waals surface area contributed by atoms with Crippen LogP contribution in [0.5, 0.6) is 0 Å². The summed E-state index contributed by atoms with van der Waals surface area (Å²) in [5.41, 5.74) is 0. The zero-order valence-corrected chi connectivity index (χ0v) is 5.55. The van der Waals surface area contributed by atoms with Crippen LogP contribution in [0.25, 0.3) is 0 Å². The predicted molar refractivity (Wildman–Crippen MR) is 33.5 cm³/mol. The zero-order chi connectivity index (χ0) is 6.69. The van der Waals surface area contributed by atoms with Gasteiger partial charge in [-0.15, -0.1) is 0 Å². The van der Waals surface area contributed by atoms with Crippen molar-refractivity contribution in [3.05, 3.63) is 0 Å². The zero-order valence-electron chi connectivity index (χ0n) is 5.55. The molecule has 1 N–H and O–H groups in total. The maximum Gasteiger partial charge on any atom is 0.0930 e. The van der Waals surface area contributed by atoms with Crippen molar-refractivity contribution in [3.63, 3.8) is 0 Å². The SMILES string of the molecule is [O]C1CCC(CO)CC1. The fraction of sp³-hybridized carbons (Fsp3) is 1.00. The first-order chi connectivity index (χ1) is 4.33. The van der Waals surface area contributed by atoms with Gasteiger partial charge in [-0.3, -0.25) is 0 Å². The Morgan fingerprint density at radius 1 is 1.22 bits per heavy atom. The van der Waals surface area contributed by atoms with Crippen molar-refractivity contribution in [1.29, 1.82) is 0 Å². The van der Waals surface area contributed by atoms with Crippen LogP contribution in [0.3, 0.4) is 0 Å². The monoisotopic (exact) mass is 129 g/mol. The lowest BCUT2D eigenvalue weighted by atomic mass is 9.88. The Morgan fingerprint density at radius 2 is 1.78 bits per heavy atom. The topological polar surface area (TPSA) is 40.1 Å². The minimum absolute atomic E-state index is 0.271. The van der Waals surface area contributed by atoms with Crippen LogP contribution in [0, 0.1) is 5.92 Å². The van der Waals surface area contributed by atoms with Crippen LogP contribution in [-0.2, 0) is 5.11 Å². The fourth-order valence-electron chi connectivity index (χ4n) is 1.31. The fourth-order valence-corrected chi connectivity index (χ4v) is 1.31. The first-order valence-corrected chi connectivity index (χ1v) is 3.59. The molecule has 0 aliphatic heterocycles. The van der Waals surface area contributed by atoms with E-state index in [1.807, 2.05) is 0 Å². The molecule has 0 bridgehead atoms. The number of aliphatic hydroxyl groups excluding tert-OH is 1. The molecule has 0 aromatic rings. The Labute approximate surface area is 55.5 Å². The Balaban J connectivity index is 2.18. The third-order valence-corrected chi connectivity index (χ3v) is 2.05. The Hall–Kier alpha value is -0.0800. The van der Waals surface area contributed by atoms with Gasteiger partial charge in [0.1, 0.15) is 0 Å². The van der Waals surface area contributed by atoms with Gasteiger partial charge in [-0.1, -0.05) is 0 Å². The molecule has 1 aliphatic rings. The van der Waals surface area contributed by atoms with Crippen LogP contribution in [0.1, 0.15) is 25.7 Å². The molecule has 53 valence electrons. The van der Waals surface area contributed by atoms with Crippen molar-refractivity contribution in [2.45, 2.75) is 31.8 Å². The summed E-state index contributed by atoms with van der Waals surface area (Å²) in [5, 5.41) is 19.4. The summed E-state index contributed by atoms with van der Waals surface area (Å²) in [7, 11) is 0. The molecule has 0 aromatic heterocycles. The maximum atomic E-state index is 10.7. The van der Waals surface area contributed by atoms with Crippen LogP contribution in [0.4, 0.5) is 0 Å². The second kappa shape index (κ2) is 3.18. The number of hydrogen-bond acceptors (Lipinski definition) is 1. The maximum absolute atomic E-state index is 10.7. The third kappa shape index (κ3) is 1.95. The average Bonchev–Trinajstić information content (AvgIpc) is 1.90. The highest BCUT2D eigenvalue weighted by Crippen LogP contribution is 2.23. The molecule has 1 saturated carbocycles. The number of aliphatic hydroxyl groups is 1. The molecule has 0 saturated heterocycles. The van der Waals surface area contributed by atoms with E-state index in [-0.39, 0.29) is 12.7 Å². The lowest BCUT2D eigenvalue weighted by Crippen LogP contribution is -2.19. The number of hydrogen-bond donors (Lipinski definition) is 1. The van der Waals surface area contributed by atoms with Gasteiger partial charge in [-0.05, 0) is 31.6 Å². The molecule has 0 amide bonds. The third-order valence-electron chi connectivity index (χ3n) is 2.05. The molecule has 0 aromatic carbocycles. The van der Waals surface area contributed by atoms with E-state index in [0.717, 1.165) is 25.7 Å². The van der Waals surface area contributed by atoms with E-state index in [4.69, 9.17) is 5.11 Å². The molecule has 2 nitrogen and oxygen atoms in total. The van der Waals surface area contributed by atoms with Gasteiger partial charge in [-0.25, -0.2) is 5.11 Å². The highest BCUT2D eigenvalue weighted by atomic mass is 16.3. The molecule has 1 rings (SSSR count). The van der Waals surface area contributed by atoms with Gasteiger partial charge in [0, 0.05) is 6.61 Å². The highest BCUT2D eigenvalue weighted by molar-refractivity contribution is 4.69. The van der Waals surface area contributed by atoms with E-state index >= 15 is 0 Å². The Bertz CT molecular complexity index is 75.0. The van der Waals surface area contributed by atoms with Gasteiger partial charge in [0.05, 0.1) is 6.10 Å². The largest absolute Gasteiger partial charge is 0.396 e. The van der Waals surface area contributed by atoms with Gasteiger partial charge in [-0.2, -0.15) is 0 Å². The van der Waals surface area contributed by atoms with Crippen molar-refractivity contribution in [2.75, 3.05) is 6.61 Å². The minimum Gasteiger partial charge on any atom is -0.396 e. The molecule has 0 heterocycles. The van der Waals surface area contributed by atoms with Crippen LogP contribution in [-0.4, -0.2) is 17.8 Å². The highest BCUT2D eigenvalue weighted by Gasteiger charge is 2.18. The summed E-state index contributed by atoms with van der Waals surface area (Å²) >= 11 is 0. The molecule has 0 unspecified atom stereocenters. The van der Waals surface area contributed by atoms with Crippen LogP contribution in [0.15, 0.2) is 0 Å². The molecular weight excluding hydrogens is 116 g/mol. The Morgan fingerprint density at radius 3 is 2.22 bits per heavy atom. The summed E-state index contributed by atoms with van der Waals surface area (Å²) in [6.07, 6.45) is 3.07. The van der Waals surface area contributed by atoms with E-state index in [1.54, 1.807) is 0 Å². The minimum atomic E-state index is -0.340. The van der Waals surface area contributed by atoms with Gasteiger partial charge < -0.3 is 5.11 Å². The van der Waals surface area contributed by atoms with Gasteiger partial charge >= 0.3 is 0 Å². The van der Waals surface area contributed by atoms with Gasteiger partial charge in [0.15, 0.2) is 0 Å². The summed E-state index contributed by atoms with van der Waals surface area (Å²) in [5.74, 6) is 0.426. The van der Waals surface area contributed by atoms with Crippen molar-refractivity contribution < 1.29 is 10.2 Å². The smallest absolute Gasteiger partial charge is 0.0930 e. The second-order valence-corrected chi connectivity index (χ2v) is 2.83. The summed E-state index contributed by atoms with van der Waals surface area (Å²) < 4.78 is 0. The standard InChI is InChI=1S/C7H13O2/c8-5-6-1-3-7(9)4-2-6/h6-8H,1-5H2. The summed E-state index contributed by atoms with van der Waals surface area (Å²) in [6.45, 7) is 0.271. The van der Waals surface area contributed by atoms with Gasteiger partial charge in [0.25, 0.3) is 0 Å². The average molecular weight is 129 g/mol. The summed E-state index contributed by atoms with van der Waals surface area (Å²) in [4.78, 5) is 0. The van der Waals surface area contributed by atoms with Crippen molar-refractivity contribution >= 4 is 0 Å². The molecule has 9 heavy (non-hydrogen) atoms. The van der Waals surface area contributed by atoms with E-state index in [0.29, 0.717) is 5.92 Å². The molecule has 0 atom stereocenters. The van der Waals surface area contributed by atoms with E-state index in [9.17, 15) is 5.11 Å². The first-order valence-electron chi connectivity index (χ1n) is 3.59. The second-order valence-electron chi connectivity index (χ2n) is 2.83. The molecular formula is C7H13O2. The van der Waals surface area contributed by atoms with E-state index < -0.39 is 0 Å². The van der Waals surface area contributed by atoms with E-state index in [1.165, 1.54) is 0 Å². The number of rotatable bonds is 1. The van der Waals surface area contributed by atoms with Crippen molar-refractivity contribution in [3.8, 4) is 0 Å². The molecule has 1 aliphatic carbocycles. The quantitative estimate of drug-likeness (QED) is 0.563. The van der Waals surface area contributed by atoms with Crippen molar-refractivity contribution in [2.24, 2.45) is 5.92 Å². The van der Waals surface area contributed by atoms with Gasteiger partial charge in [0.2, 0.25) is 0 Å². The van der Waals surface area contributed by atoms with E-state index in [2.05, 4.69) is 0 Å². The molecule has 0 spiro atoms. The summed E-state index contributed by atoms with van der Waals surface area (Å²) in [6, 6.07) is 0. The van der Waals surface area contributed by atoms with Crippen LogP contribution < -0.4 is 0 Å². The molecule has 1 radical (unpaired) electrons. The normalized spacial score (nSPS) is 36.7.